The Balaban J connectivity index is 2.44. The first-order chi connectivity index (χ1) is 6.15. The van der Waals surface area contributed by atoms with E-state index in [1.807, 2.05) is 0 Å². The number of amides is 2. The van der Waals surface area contributed by atoms with Crippen LogP contribution in [0.15, 0.2) is 0 Å². The van der Waals surface area contributed by atoms with Gasteiger partial charge in [0.2, 0.25) is 5.91 Å². The summed E-state index contributed by atoms with van der Waals surface area (Å²) >= 11 is 0. The third-order valence-electron chi connectivity index (χ3n) is 2.17. The van der Waals surface area contributed by atoms with E-state index in [1.54, 1.807) is 6.92 Å². The van der Waals surface area contributed by atoms with E-state index in [0.717, 1.165) is 0 Å². The number of carbonyl (C=O) groups is 2. The summed E-state index contributed by atoms with van der Waals surface area (Å²) in [4.78, 5) is 22.1. The fraction of sp³-hybridized carbons (Fsp3) is 0.750. The quantitative estimate of drug-likeness (QED) is 0.461. The molecule has 0 aliphatic carbocycles. The third kappa shape index (κ3) is 2.42. The summed E-state index contributed by atoms with van der Waals surface area (Å²) in [6.07, 6.45) is 0.898. The van der Waals surface area contributed by atoms with Crippen molar-refractivity contribution in [3.8, 4) is 0 Å². The van der Waals surface area contributed by atoms with Gasteiger partial charge in [0.25, 0.3) is 5.91 Å². The van der Waals surface area contributed by atoms with Crippen LogP contribution in [0.3, 0.4) is 0 Å². The van der Waals surface area contributed by atoms with E-state index in [0.29, 0.717) is 24.4 Å². The molecule has 1 aliphatic heterocycles. The largest absolute Gasteiger partial charge is 0.355 e. The lowest BCUT2D eigenvalue weighted by atomic mass is 9.98. The minimum absolute atomic E-state index is 0.0231. The molecule has 0 aromatic carbocycles. The molecule has 0 aromatic rings. The van der Waals surface area contributed by atoms with Gasteiger partial charge < -0.3 is 5.32 Å². The molecule has 2 amide bonds. The molecular formula is C8H14N2O3. The minimum Gasteiger partial charge on any atom is -0.355 e. The first-order valence-corrected chi connectivity index (χ1v) is 4.42. The lowest BCUT2D eigenvalue weighted by molar-refractivity contribution is -0.170. The Hall–Kier alpha value is -1.10. The fourth-order valence-corrected chi connectivity index (χ4v) is 1.31. The zero-order chi connectivity index (χ0) is 9.84. The fourth-order valence-electron chi connectivity index (χ4n) is 1.31. The van der Waals surface area contributed by atoms with Crippen LogP contribution in [0.25, 0.3) is 0 Å². The van der Waals surface area contributed by atoms with Gasteiger partial charge in [-0.2, -0.15) is 0 Å². The van der Waals surface area contributed by atoms with Crippen LogP contribution in [0.1, 0.15) is 19.8 Å². The number of nitrogens with zero attached hydrogens (tertiary/aromatic N) is 1. The molecule has 1 rings (SSSR count). The summed E-state index contributed by atoms with van der Waals surface area (Å²) in [5.41, 5.74) is 0. The highest BCUT2D eigenvalue weighted by molar-refractivity contribution is 5.83. The second-order valence-corrected chi connectivity index (χ2v) is 3.09. The van der Waals surface area contributed by atoms with E-state index in [-0.39, 0.29) is 24.3 Å². The van der Waals surface area contributed by atoms with Crippen molar-refractivity contribution in [2.24, 2.45) is 5.92 Å². The summed E-state index contributed by atoms with van der Waals surface area (Å²) < 4.78 is 0. The molecule has 5 heteroatoms. The van der Waals surface area contributed by atoms with Crippen molar-refractivity contribution in [2.75, 3.05) is 13.1 Å². The average molecular weight is 186 g/mol. The summed E-state index contributed by atoms with van der Waals surface area (Å²) in [6.45, 7) is 2.32. The number of carbonyl (C=O) groups excluding carboxylic acids is 2. The smallest absolute Gasteiger partial charge is 0.250 e. The number of nitrogens with one attached hydrogen (secondary N) is 1. The molecule has 13 heavy (non-hydrogen) atoms. The topological polar surface area (TPSA) is 69.6 Å². The van der Waals surface area contributed by atoms with Gasteiger partial charge in [0.15, 0.2) is 0 Å². The van der Waals surface area contributed by atoms with Crippen LogP contribution in [-0.4, -0.2) is 35.2 Å². The molecule has 0 radical (unpaired) electrons. The maximum absolute atomic E-state index is 11.4. The molecule has 0 spiro atoms. The first-order valence-electron chi connectivity index (χ1n) is 4.42. The van der Waals surface area contributed by atoms with Crippen LogP contribution < -0.4 is 5.32 Å². The number of hydrogen-bond donors (Lipinski definition) is 2. The molecular weight excluding hydrogens is 172 g/mol. The Morgan fingerprint density at radius 3 is 2.92 bits per heavy atom. The van der Waals surface area contributed by atoms with Gasteiger partial charge in [-0.25, -0.2) is 5.06 Å². The maximum Gasteiger partial charge on any atom is 0.250 e. The van der Waals surface area contributed by atoms with Crippen LogP contribution in [0.2, 0.25) is 0 Å². The zero-order valence-corrected chi connectivity index (χ0v) is 7.62. The van der Waals surface area contributed by atoms with Crippen LogP contribution in [0.5, 0.6) is 0 Å². The van der Waals surface area contributed by atoms with E-state index >= 15 is 0 Å². The van der Waals surface area contributed by atoms with Gasteiger partial charge in [-0.15, -0.1) is 0 Å². The van der Waals surface area contributed by atoms with Crippen molar-refractivity contribution in [3.05, 3.63) is 0 Å². The molecule has 5 nitrogen and oxygen atoms in total. The minimum atomic E-state index is -0.303. The third-order valence-corrected chi connectivity index (χ3v) is 2.17. The Kier molecular flexibility index (Phi) is 3.25. The van der Waals surface area contributed by atoms with E-state index in [9.17, 15) is 9.59 Å². The van der Waals surface area contributed by atoms with Crippen LogP contribution >= 0.6 is 0 Å². The second kappa shape index (κ2) is 4.23. The molecule has 2 N–H and O–H groups in total. The van der Waals surface area contributed by atoms with E-state index in [1.165, 1.54) is 0 Å². The van der Waals surface area contributed by atoms with E-state index in [4.69, 9.17) is 5.21 Å². The number of rotatable bonds is 2. The molecule has 1 fully saturated rings. The van der Waals surface area contributed by atoms with Crippen molar-refractivity contribution < 1.29 is 14.8 Å². The molecule has 0 aromatic heterocycles. The summed E-state index contributed by atoms with van der Waals surface area (Å²) in [6, 6.07) is 0. The predicted molar refractivity (Wildman–Crippen MR) is 44.9 cm³/mol. The zero-order valence-electron chi connectivity index (χ0n) is 7.62. The summed E-state index contributed by atoms with van der Waals surface area (Å²) in [5.74, 6) is -0.588. The lowest BCUT2D eigenvalue weighted by Crippen LogP contribution is -2.43. The van der Waals surface area contributed by atoms with Gasteiger partial charge in [0.05, 0.1) is 5.92 Å². The van der Waals surface area contributed by atoms with Gasteiger partial charge in [-0.05, 0) is 13.3 Å². The molecule has 0 saturated carbocycles. The second-order valence-electron chi connectivity index (χ2n) is 3.09. The van der Waals surface area contributed by atoms with Crippen LogP contribution in [0, 0.1) is 5.92 Å². The Morgan fingerprint density at radius 2 is 2.46 bits per heavy atom. The molecule has 1 atom stereocenters. The van der Waals surface area contributed by atoms with Crippen molar-refractivity contribution in [2.45, 2.75) is 19.8 Å². The highest BCUT2D eigenvalue weighted by Gasteiger charge is 2.26. The Morgan fingerprint density at radius 1 is 1.77 bits per heavy atom. The maximum atomic E-state index is 11.4. The monoisotopic (exact) mass is 186 g/mol. The molecule has 0 bridgehead atoms. The van der Waals surface area contributed by atoms with Gasteiger partial charge in [-0.3, -0.25) is 14.8 Å². The molecule has 1 unspecified atom stereocenters. The highest BCUT2D eigenvalue weighted by Crippen LogP contribution is 2.12. The van der Waals surface area contributed by atoms with E-state index in [2.05, 4.69) is 5.32 Å². The normalized spacial score (nSPS) is 22.3. The molecule has 1 heterocycles. The Bertz CT molecular complexity index is 207. The van der Waals surface area contributed by atoms with Crippen molar-refractivity contribution in [1.82, 2.24) is 10.4 Å². The van der Waals surface area contributed by atoms with Crippen LogP contribution in [-0.2, 0) is 9.59 Å². The highest BCUT2D eigenvalue weighted by atomic mass is 16.5. The number of hydroxylamine groups is 2. The average Bonchev–Trinajstić information content (AvgIpc) is 2.17. The van der Waals surface area contributed by atoms with Gasteiger partial charge in [-0.1, -0.05) is 0 Å². The van der Waals surface area contributed by atoms with Crippen molar-refractivity contribution >= 4 is 11.8 Å². The first kappa shape index (κ1) is 9.98. The van der Waals surface area contributed by atoms with Gasteiger partial charge >= 0.3 is 0 Å². The van der Waals surface area contributed by atoms with Crippen molar-refractivity contribution in [3.63, 3.8) is 0 Å². The Labute approximate surface area is 76.7 Å². The van der Waals surface area contributed by atoms with Crippen LogP contribution in [0.4, 0.5) is 0 Å². The number of piperidine rings is 1. The number of hydrogen-bond acceptors (Lipinski definition) is 3. The standard InChI is InChI=1S/C8H14N2O3/c1-2-10(13)8(12)6-3-4-7(11)9-5-6/h6,13H,2-5H2,1H3,(H,9,11). The molecule has 1 saturated heterocycles. The SMILES string of the molecule is CCN(O)C(=O)C1CCC(=O)NC1. The molecule has 1 aliphatic rings. The van der Waals surface area contributed by atoms with E-state index < -0.39 is 0 Å². The predicted octanol–water partition coefficient (Wildman–Crippen LogP) is -0.250. The van der Waals surface area contributed by atoms with Crippen molar-refractivity contribution in [1.29, 1.82) is 0 Å². The summed E-state index contributed by atoms with van der Waals surface area (Å²) in [7, 11) is 0. The van der Waals surface area contributed by atoms with Gasteiger partial charge in [0.1, 0.15) is 0 Å². The lowest BCUT2D eigenvalue weighted by Gasteiger charge is -2.24. The molecule has 74 valence electrons. The summed E-state index contributed by atoms with van der Waals surface area (Å²) in [5, 5.41) is 12.4. The van der Waals surface area contributed by atoms with Gasteiger partial charge in [0, 0.05) is 19.5 Å².